The van der Waals surface area contributed by atoms with Gasteiger partial charge in [0.2, 0.25) is 0 Å². The molecule has 0 aliphatic rings. The predicted octanol–water partition coefficient (Wildman–Crippen LogP) is 4.40. The summed E-state index contributed by atoms with van der Waals surface area (Å²) in [5, 5.41) is 5.05. The molecule has 0 aliphatic heterocycles. The molecule has 4 rings (SSSR count). The maximum atomic E-state index is 4.14. The maximum absolute atomic E-state index is 4.14. The molecule has 2 heterocycles. The number of hydrogen-bond acceptors (Lipinski definition) is 2. The summed E-state index contributed by atoms with van der Waals surface area (Å²) < 4.78 is 5.08. The number of fused-ring (bicyclic) bond motifs is 4. The second-order valence-corrected chi connectivity index (χ2v) is 7.17. The third kappa shape index (κ3) is 1.50. The molecule has 0 nitrogen and oxygen atoms in total. The van der Waals surface area contributed by atoms with E-state index in [0.29, 0.717) is 0 Å². The van der Waals surface area contributed by atoms with Crippen LogP contribution in [0.4, 0.5) is 0 Å². The molecule has 2 aromatic carbocycles. The summed E-state index contributed by atoms with van der Waals surface area (Å²) in [5.74, 6) is 0. The summed E-state index contributed by atoms with van der Waals surface area (Å²) in [5.41, 5.74) is 1.32. The van der Waals surface area contributed by atoms with E-state index in [1.807, 2.05) is 11.3 Å². The zero-order valence-corrected chi connectivity index (χ0v) is 12.3. The fraction of sp³-hybridized carbons (Fsp3) is 0.0588. The van der Waals surface area contributed by atoms with Gasteiger partial charge in [0, 0.05) is 34.8 Å². The van der Waals surface area contributed by atoms with Gasteiger partial charge < -0.3 is 0 Å². The number of thiophene rings is 2. The van der Waals surface area contributed by atoms with Gasteiger partial charge in [-0.3, -0.25) is 0 Å². The van der Waals surface area contributed by atoms with Crippen LogP contribution >= 0.6 is 22.7 Å². The monoisotopic (exact) mass is 280 g/mol. The maximum Gasteiger partial charge on any atom is 0.0362 e. The van der Waals surface area contributed by atoms with E-state index in [0.717, 1.165) is 9.75 Å². The van der Waals surface area contributed by atoms with Gasteiger partial charge >= 0.3 is 0 Å². The van der Waals surface area contributed by atoms with Gasteiger partial charge in [-0.2, -0.15) is 0 Å². The summed E-state index contributed by atoms with van der Waals surface area (Å²) >= 11 is 3.60. The Morgan fingerprint density at radius 1 is 0.789 bits per heavy atom. The fourth-order valence-electron chi connectivity index (χ4n) is 2.57. The minimum Gasteiger partial charge on any atom is -0.136 e. The minimum absolute atomic E-state index is 1.08. The summed E-state index contributed by atoms with van der Waals surface area (Å²) in [6.45, 7) is 10.3. The molecule has 92 valence electrons. The van der Waals surface area contributed by atoms with Gasteiger partial charge in [0.15, 0.2) is 0 Å². The van der Waals surface area contributed by atoms with Crippen LogP contribution in [0.5, 0.6) is 0 Å². The Balaban J connectivity index is 2.28. The van der Waals surface area contributed by atoms with E-state index >= 15 is 0 Å². The average Bonchev–Trinajstić information content (AvgIpc) is 2.85. The Hall–Kier alpha value is -1.64. The van der Waals surface area contributed by atoms with Crippen molar-refractivity contribution >= 4 is 66.1 Å². The smallest absolute Gasteiger partial charge is 0.0362 e. The first-order valence-electron chi connectivity index (χ1n) is 6.17. The van der Waals surface area contributed by atoms with Crippen LogP contribution in [-0.4, -0.2) is 0 Å². The van der Waals surface area contributed by atoms with Crippen molar-refractivity contribution in [2.75, 3.05) is 0 Å². The molecule has 0 aliphatic carbocycles. The van der Waals surface area contributed by atoms with Crippen LogP contribution in [-0.2, 0) is 0 Å². The van der Waals surface area contributed by atoms with Gasteiger partial charge in [0.1, 0.15) is 0 Å². The van der Waals surface area contributed by atoms with E-state index < -0.39 is 0 Å². The molecule has 0 saturated heterocycles. The van der Waals surface area contributed by atoms with Gasteiger partial charge in [-0.05, 0) is 35.9 Å². The number of benzene rings is 2. The molecule has 0 spiro atoms. The standard InChI is InChI=1S/C17H12S2/c1-9-4-5-12-14-8-16-13(10(2)11(3)18-16)7-17(14)19-15(12)6-9/h4-8H,2-3H2,1H3. The summed E-state index contributed by atoms with van der Waals surface area (Å²) in [4.78, 5) is 0. The Labute approximate surface area is 118 Å². The zero-order valence-electron chi connectivity index (χ0n) is 10.6. The second-order valence-electron chi connectivity index (χ2n) is 4.95. The topological polar surface area (TPSA) is 0 Å². The first-order chi connectivity index (χ1) is 9.13. The Morgan fingerprint density at radius 2 is 1.47 bits per heavy atom. The van der Waals surface area contributed by atoms with Crippen molar-refractivity contribution in [3.63, 3.8) is 0 Å². The number of hydrogen-bond donors (Lipinski definition) is 0. The quantitative estimate of drug-likeness (QED) is 0.448. The number of aryl methyl sites for hydroxylation is 1. The molecule has 0 saturated carbocycles. The highest BCUT2D eigenvalue weighted by Gasteiger charge is 2.08. The van der Waals surface area contributed by atoms with Gasteiger partial charge in [-0.15, -0.1) is 22.7 Å². The fourth-order valence-corrected chi connectivity index (χ4v) is 4.77. The highest BCUT2D eigenvalue weighted by molar-refractivity contribution is 7.26. The van der Waals surface area contributed by atoms with E-state index in [9.17, 15) is 0 Å². The second kappa shape index (κ2) is 3.69. The molecular weight excluding hydrogens is 268 g/mol. The molecule has 0 bridgehead atoms. The lowest BCUT2D eigenvalue weighted by Crippen LogP contribution is -2.13. The first kappa shape index (κ1) is 11.2. The average molecular weight is 280 g/mol. The van der Waals surface area contributed by atoms with Gasteiger partial charge in [-0.1, -0.05) is 25.3 Å². The van der Waals surface area contributed by atoms with E-state index in [-0.39, 0.29) is 0 Å². The molecule has 2 heteroatoms. The zero-order chi connectivity index (χ0) is 13.1. The van der Waals surface area contributed by atoms with Gasteiger partial charge in [0.05, 0.1) is 0 Å². The molecule has 0 atom stereocenters. The normalized spacial score (nSPS) is 11.8. The molecule has 0 fully saturated rings. The SMILES string of the molecule is C=c1sc2cc3c(cc2c1=C)sc1cc(C)ccc13. The van der Waals surface area contributed by atoms with Crippen molar-refractivity contribution in [3.05, 3.63) is 45.6 Å². The third-order valence-corrected chi connectivity index (χ3v) is 5.79. The molecule has 0 radical (unpaired) electrons. The minimum atomic E-state index is 1.08. The van der Waals surface area contributed by atoms with Crippen molar-refractivity contribution in [1.29, 1.82) is 0 Å². The van der Waals surface area contributed by atoms with Crippen LogP contribution in [0.15, 0.2) is 30.3 Å². The molecular formula is C17H12S2. The molecule has 0 amide bonds. The summed E-state index contributed by atoms with van der Waals surface area (Å²) in [6, 6.07) is 11.3. The van der Waals surface area contributed by atoms with Crippen LogP contribution in [0.1, 0.15) is 5.56 Å². The van der Waals surface area contributed by atoms with Crippen molar-refractivity contribution in [3.8, 4) is 0 Å². The molecule has 0 N–H and O–H groups in total. The Kier molecular flexibility index (Phi) is 2.17. The van der Waals surface area contributed by atoms with Crippen molar-refractivity contribution < 1.29 is 0 Å². The Bertz CT molecular complexity index is 1050. The van der Waals surface area contributed by atoms with Crippen LogP contribution in [0.3, 0.4) is 0 Å². The van der Waals surface area contributed by atoms with E-state index in [1.165, 1.54) is 35.8 Å². The van der Waals surface area contributed by atoms with Crippen LogP contribution in [0.2, 0.25) is 0 Å². The highest BCUT2D eigenvalue weighted by Crippen LogP contribution is 2.36. The molecule has 2 aromatic heterocycles. The molecule has 0 unspecified atom stereocenters. The molecule has 19 heavy (non-hydrogen) atoms. The van der Waals surface area contributed by atoms with E-state index in [2.05, 4.69) is 50.4 Å². The first-order valence-corrected chi connectivity index (χ1v) is 7.80. The van der Waals surface area contributed by atoms with E-state index in [1.54, 1.807) is 11.3 Å². The summed E-state index contributed by atoms with van der Waals surface area (Å²) in [6.07, 6.45) is 0. The van der Waals surface area contributed by atoms with Crippen LogP contribution in [0.25, 0.3) is 43.4 Å². The van der Waals surface area contributed by atoms with Gasteiger partial charge in [-0.25, -0.2) is 0 Å². The van der Waals surface area contributed by atoms with Crippen LogP contribution in [0, 0.1) is 6.92 Å². The highest BCUT2D eigenvalue weighted by atomic mass is 32.1. The lowest BCUT2D eigenvalue weighted by Gasteiger charge is -1.94. The van der Waals surface area contributed by atoms with Crippen LogP contribution < -0.4 is 9.75 Å². The molecule has 4 aromatic rings. The van der Waals surface area contributed by atoms with E-state index in [4.69, 9.17) is 0 Å². The lowest BCUT2D eigenvalue weighted by molar-refractivity contribution is 1.52. The van der Waals surface area contributed by atoms with Crippen molar-refractivity contribution in [2.24, 2.45) is 0 Å². The Morgan fingerprint density at radius 3 is 2.32 bits per heavy atom. The summed E-state index contributed by atoms with van der Waals surface area (Å²) in [7, 11) is 0. The predicted molar refractivity (Wildman–Crippen MR) is 89.7 cm³/mol. The number of rotatable bonds is 0. The van der Waals surface area contributed by atoms with Gasteiger partial charge in [0.25, 0.3) is 0 Å². The van der Waals surface area contributed by atoms with Crippen molar-refractivity contribution in [1.82, 2.24) is 0 Å². The third-order valence-electron chi connectivity index (χ3n) is 3.62. The largest absolute Gasteiger partial charge is 0.136 e. The lowest BCUT2D eigenvalue weighted by atomic mass is 10.1. The van der Waals surface area contributed by atoms with Crippen molar-refractivity contribution in [2.45, 2.75) is 6.92 Å².